The molecule has 4 aliphatic rings. The maximum Gasteiger partial charge on any atom is 0.490 e. The van der Waals surface area contributed by atoms with Crippen LogP contribution in [0.3, 0.4) is 0 Å². The monoisotopic (exact) mass is 486 g/mol. The predicted octanol–water partition coefficient (Wildman–Crippen LogP) is 6.71. The van der Waals surface area contributed by atoms with Gasteiger partial charge >= 0.3 is 18.1 Å². The summed E-state index contributed by atoms with van der Waals surface area (Å²) in [7, 11) is 1.45. The highest BCUT2D eigenvalue weighted by molar-refractivity contribution is 5.75. The van der Waals surface area contributed by atoms with Crippen LogP contribution in [-0.2, 0) is 19.1 Å². The Kier molecular flexibility index (Phi) is 7.07. The largest absolute Gasteiger partial charge is 0.490 e. The highest BCUT2D eigenvalue weighted by Crippen LogP contribution is 2.68. The van der Waals surface area contributed by atoms with E-state index in [4.69, 9.17) is 9.47 Å². The first-order valence-electron chi connectivity index (χ1n) is 13.2. The zero-order valence-corrected chi connectivity index (χ0v) is 21.1. The second kappa shape index (κ2) is 9.31. The Labute approximate surface area is 201 Å². The molecule has 0 aromatic heterocycles. The lowest BCUT2D eigenvalue weighted by molar-refractivity contribution is -0.210. The average Bonchev–Trinajstić information content (AvgIpc) is 3.14. The Bertz CT molecular complexity index is 782. The number of carbonyl (C=O) groups is 2. The lowest BCUT2D eigenvalue weighted by Crippen LogP contribution is -2.54. The molecule has 0 heterocycles. The summed E-state index contributed by atoms with van der Waals surface area (Å²) in [6, 6.07) is 0. The van der Waals surface area contributed by atoms with Crippen LogP contribution in [0.1, 0.15) is 91.4 Å². The molecule has 0 spiro atoms. The molecule has 0 N–H and O–H groups in total. The van der Waals surface area contributed by atoms with E-state index in [0.717, 1.165) is 25.7 Å². The smallest absolute Gasteiger partial charge is 0.469 e. The lowest BCUT2D eigenvalue weighted by Gasteiger charge is -2.61. The van der Waals surface area contributed by atoms with Crippen molar-refractivity contribution >= 4 is 11.9 Å². The van der Waals surface area contributed by atoms with E-state index < -0.39 is 18.2 Å². The molecule has 0 radical (unpaired) electrons. The SMILES string of the molecule is COC(=O)CCC(C)C1CCC2C3CCC4CC(OC(=O)C(F)(F)F)CCC4(C)C3CCC12C. The number of alkyl halides is 3. The van der Waals surface area contributed by atoms with Crippen molar-refractivity contribution in [3.8, 4) is 0 Å². The molecule has 4 nitrogen and oxygen atoms in total. The van der Waals surface area contributed by atoms with Gasteiger partial charge in [-0.1, -0.05) is 20.8 Å². The standard InChI is InChI=1S/C27H41F3O4/c1-16(5-10-23(31)33-4)20-8-9-21-19-7-6-17-15-18(34-24(32)27(28,29)30)11-13-25(17,2)22(19)12-14-26(20,21)3/h16-22H,5-15H2,1-4H3. The summed E-state index contributed by atoms with van der Waals surface area (Å²) in [4.78, 5) is 23.1. The number of hydrogen-bond donors (Lipinski definition) is 0. The molecule has 7 heteroatoms. The predicted molar refractivity (Wildman–Crippen MR) is 122 cm³/mol. The van der Waals surface area contributed by atoms with E-state index in [1.807, 2.05) is 0 Å². The average molecular weight is 487 g/mol. The van der Waals surface area contributed by atoms with Gasteiger partial charge in [0.2, 0.25) is 0 Å². The Morgan fingerprint density at radius 1 is 0.971 bits per heavy atom. The topological polar surface area (TPSA) is 52.6 Å². The van der Waals surface area contributed by atoms with Gasteiger partial charge in [0.25, 0.3) is 0 Å². The maximum absolute atomic E-state index is 12.7. The van der Waals surface area contributed by atoms with E-state index >= 15 is 0 Å². The number of carbonyl (C=O) groups excluding carboxylic acids is 2. The third-order valence-electron chi connectivity index (χ3n) is 10.9. The Morgan fingerprint density at radius 2 is 1.65 bits per heavy atom. The normalized spacial score (nSPS) is 42.7. The number of fused-ring (bicyclic) bond motifs is 5. The molecule has 4 aliphatic carbocycles. The summed E-state index contributed by atoms with van der Waals surface area (Å²) in [5, 5.41) is 0. The first-order valence-corrected chi connectivity index (χ1v) is 13.2. The number of ether oxygens (including phenoxy) is 2. The second-order valence-corrected chi connectivity index (χ2v) is 12.3. The molecule has 4 rings (SSSR count). The zero-order chi connectivity index (χ0) is 24.9. The van der Waals surface area contributed by atoms with Crippen LogP contribution >= 0.6 is 0 Å². The molecule has 34 heavy (non-hydrogen) atoms. The third-order valence-corrected chi connectivity index (χ3v) is 10.9. The van der Waals surface area contributed by atoms with Crippen molar-refractivity contribution in [3.05, 3.63) is 0 Å². The van der Waals surface area contributed by atoms with E-state index in [1.165, 1.54) is 32.8 Å². The molecule has 0 bridgehead atoms. The first-order chi connectivity index (χ1) is 15.9. The minimum absolute atomic E-state index is 0.125. The molecule has 0 aromatic carbocycles. The van der Waals surface area contributed by atoms with Crippen molar-refractivity contribution in [2.75, 3.05) is 7.11 Å². The lowest BCUT2D eigenvalue weighted by atomic mass is 9.44. The number of halogens is 3. The summed E-state index contributed by atoms with van der Waals surface area (Å²) in [6.07, 6.45) is 4.79. The quantitative estimate of drug-likeness (QED) is 0.405. The Hall–Kier alpha value is -1.27. The van der Waals surface area contributed by atoms with E-state index in [1.54, 1.807) is 0 Å². The minimum atomic E-state index is -4.92. The first kappa shape index (κ1) is 25.8. The van der Waals surface area contributed by atoms with Gasteiger partial charge in [-0.15, -0.1) is 0 Å². The molecule has 0 saturated heterocycles. The molecule has 4 saturated carbocycles. The summed E-state index contributed by atoms with van der Waals surface area (Å²) >= 11 is 0. The Morgan fingerprint density at radius 3 is 2.32 bits per heavy atom. The van der Waals surface area contributed by atoms with Crippen molar-refractivity contribution in [1.82, 2.24) is 0 Å². The number of hydrogen-bond acceptors (Lipinski definition) is 4. The molecule has 0 amide bonds. The van der Waals surface area contributed by atoms with Gasteiger partial charge in [0, 0.05) is 6.42 Å². The summed E-state index contributed by atoms with van der Waals surface area (Å²) < 4.78 is 47.8. The fourth-order valence-electron chi connectivity index (χ4n) is 9.17. The van der Waals surface area contributed by atoms with Crippen LogP contribution in [0.15, 0.2) is 0 Å². The van der Waals surface area contributed by atoms with Crippen molar-refractivity contribution in [1.29, 1.82) is 0 Å². The fourth-order valence-corrected chi connectivity index (χ4v) is 9.17. The van der Waals surface area contributed by atoms with Crippen LogP contribution < -0.4 is 0 Å². The fraction of sp³-hybridized carbons (Fsp3) is 0.926. The van der Waals surface area contributed by atoms with Crippen molar-refractivity contribution in [2.24, 2.45) is 46.3 Å². The van der Waals surface area contributed by atoms with Gasteiger partial charge in [0.15, 0.2) is 0 Å². The zero-order valence-electron chi connectivity index (χ0n) is 21.1. The van der Waals surface area contributed by atoms with E-state index in [9.17, 15) is 22.8 Å². The molecule has 0 aliphatic heterocycles. The van der Waals surface area contributed by atoms with E-state index in [0.29, 0.717) is 60.2 Å². The van der Waals surface area contributed by atoms with Gasteiger partial charge in [-0.05, 0) is 111 Å². The van der Waals surface area contributed by atoms with Crippen LogP contribution in [0.25, 0.3) is 0 Å². The van der Waals surface area contributed by atoms with Crippen LogP contribution in [-0.4, -0.2) is 31.3 Å². The molecule has 0 aromatic rings. The highest BCUT2D eigenvalue weighted by atomic mass is 19.4. The summed E-state index contributed by atoms with van der Waals surface area (Å²) in [5.41, 5.74) is 0.430. The van der Waals surface area contributed by atoms with Crippen LogP contribution in [0.5, 0.6) is 0 Å². The minimum Gasteiger partial charge on any atom is -0.469 e. The van der Waals surface area contributed by atoms with Crippen LogP contribution in [0, 0.1) is 46.3 Å². The van der Waals surface area contributed by atoms with Crippen LogP contribution in [0.4, 0.5) is 13.2 Å². The number of esters is 2. The van der Waals surface area contributed by atoms with Crippen molar-refractivity contribution < 1.29 is 32.2 Å². The highest BCUT2D eigenvalue weighted by Gasteiger charge is 2.61. The third kappa shape index (κ3) is 4.50. The molecule has 9 atom stereocenters. The summed E-state index contributed by atoms with van der Waals surface area (Å²) in [6.45, 7) is 7.15. The second-order valence-electron chi connectivity index (χ2n) is 12.3. The molecular formula is C27H41F3O4. The van der Waals surface area contributed by atoms with Gasteiger partial charge < -0.3 is 9.47 Å². The molecular weight excluding hydrogens is 445 g/mol. The molecule has 4 fully saturated rings. The molecule has 9 unspecified atom stereocenters. The van der Waals surface area contributed by atoms with E-state index in [-0.39, 0.29) is 11.4 Å². The van der Waals surface area contributed by atoms with Gasteiger partial charge in [-0.2, -0.15) is 13.2 Å². The number of rotatable bonds is 5. The van der Waals surface area contributed by atoms with Gasteiger partial charge in [0.05, 0.1) is 7.11 Å². The summed E-state index contributed by atoms with van der Waals surface area (Å²) in [5.74, 6) is 1.26. The van der Waals surface area contributed by atoms with Gasteiger partial charge in [-0.25, -0.2) is 4.79 Å². The molecule has 194 valence electrons. The number of methoxy groups -OCH3 is 1. The van der Waals surface area contributed by atoms with Gasteiger partial charge in [0.1, 0.15) is 6.10 Å². The maximum atomic E-state index is 12.7. The van der Waals surface area contributed by atoms with Crippen molar-refractivity contribution in [3.63, 3.8) is 0 Å². The van der Waals surface area contributed by atoms with E-state index in [2.05, 4.69) is 20.8 Å². The Balaban J connectivity index is 1.42. The van der Waals surface area contributed by atoms with Gasteiger partial charge in [-0.3, -0.25) is 4.79 Å². The van der Waals surface area contributed by atoms with Crippen LogP contribution in [0.2, 0.25) is 0 Å². The van der Waals surface area contributed by atoms with Crippen molar-refractivity contribution in [2.45, 2.75) is 104 Å².